The van der Waals surface area contributed by atoms with Crippen LogP contribution < -0.4 is 0 Å². The molecule has 0 bridgehead atoms. The lowest BCUT2D eigenvalue weighted by atomic mass is 10.2. The molecule has 6 nitrogen and oxygen atoms in total. The highest BCUT2D eigenvalue weighted by Gasteiger charge is 2.31. The van der Waals surface area contributed by atoms with Crippen LogP contribution in [-0.4, -0.2) is 69.7 Å². The maximum absolute atomic E-state index is 12.2. The first-order valence-corrected chi connectivity index (χ1v) is 10.8. The van der Waals surface area contributed by atoms with Gasteiger partial charge in [0, 0.05) is 36.7 Å². The van der Waals surface area contributed by atoms with Gasteiger partial charge in [0.2, 0.25) is 5.91 Å². The molecule has 0 radical (unpaired) electrons. The predicted molar refractivity (Wildman–Crippen MR) is 99.4 cm³/mol. The minimum absolute atomic E-state index is 0.101. The van der Waals surface area contributed by atoms with Crippen LogP contribution in [0.2, 0.25) is 0 Å². The predicted octanol–water partition coefficient (Wildman–Crippen LogP) is 2.80. The summed E-state index contributed by atoms with van der Waals surface area (Å²) in [4.78, 5) is 31.8. The second-order valence-electron chi connectivity index (χ2n) is 6.65. The molecule has 2 fully saturated rings. The van der Waals surface area contributed by atoms with Crippen molar-refractivity contribution >= 4 is 35.0 Å². The summed E-state index contributed by atoms with van der Waals surface area (Å²) < 4.78 is 0.758. The lowest BCUT2D eigenvalue weighted by Gasteiger charge is -2.30. The molecule has 1 aromatic heterocycles. The number of carbonyl (C=O) groups excluding carboxylic acids is 1. The van der Waals surface area contributed by atoms with Crippen LogP contribution in [0.1, 0.15) is 49.0 Å². The number of thioether (sulfide) groups is 1. The first-order chi connectivity index (χ1) is 12.1. The molecule has 3 heterocycles. The Labute approximate surface area is 156 Å². The van der Waals surface area contributed by atoms with E-state index >= 15 is 0 Å². The summed E-state index contributed by atoms with van der Waals surface area (Å²) in [5.41, 5.74) is 0.101. The maximum Gasteiger partial charge on any atom is 0.355 e. The van der Waals surface area contributed by atoms with Crippen LogP contribution in [-0.2, 0) is 4.79 Å². The molecular formula is C17H25N3O3S2. The van der Waals surface area contributed by atoms with Gasteiger partial charge >= 0.3 is 5.97 Å². The lowest BCUT2D eigenvalue weighted by molar-refractivity contribution is -0.128. The Morgan fingerprint density at radius 1 is 1.32 bits per heavy atom. The highest BCUT2D eigenvalue weighted by atomic mass is 32.2. The van der Waals surface area contributed by atoms with Crippen LogP contribution >= 0.6 is 23.1 Å². The van der Waals surface area contributed by atoms with Gasteiger partial charge in [-0.25, -0.2) is 9.78 Å². The first-order valence-electron chi connectivity index (χ1n) is 8.97. The average Bonchev–Trinajstić information content (AvgIpc) is 3.09. The minimum atomic E-state index is -0.990. The molecule has 1 atom stereocenters. The summed E-state index contributed by atoms with van der Waals surface area (Å²) in [6, 6.07) is 0.331. The summed E-state index contributed by atoms with van der Waals surface area (Å²) in [5.74, 6) is 0.0237. The summed E-state index contributed by atoms with van der Waals surface area (Å²) in [7, 11) is 0. The standard InChI is InChI=1S/C17H25N3O3S2/c21-15-6-5-13(11-19-7-3-1-2-4-8-19)20(15)9-10-24-17-18-14(12-25-17)16(22)23/h12-13H,1-11H2,(H,22,23). The van der Waals surface area contributed by atoms with Crippen molar-refractivity contribution in [2.24, 2.45) is 0 Å². The Kier molecular flexibility index (Phi) is 6.72. The quantitative estimate of drug-likeness (QED) is 0.730. The highest BCUT2D eigenvalue weighted by molar-refractivity contribution is 8.01. The fraction of sp³-hybridized carbons (Fsp3) is 0.706. The fourth-order valence-electron chi connectivity index (χ4n) is 3.56. The number of carbonyl (C=O) groups is 2. The van der Waals surface area contributed by atoms with Gasteiger partial charge in [0.1, 0.15) is 0 Å². The third kappa shape index (κ3) is 5.18. The van der Waals surface area contributed by atoms with Crippen molar-refractivity contribution in [2.75, 3.05) is 31.9 Å². The molecule has 0 aliphatic carbocycles. The lowest BCUT2D eigenvalue weighted by Crippen LogP contribution is -2.43. The molecule has 25 heavy (non-hydrogen) atoms. The zero-order valence-electron chi connectivity index (χ0n) is 14.4. The van der Waals surface area contributed by atoms with E-state index in [1.54, 1.807) is 5.38 Å². The molecule has 0 aromatic carbocycles. The number of rotatable bonds is 7. The summed E-state index contributed by atoms with van der Waals surface area (Å²) >= 11 is 2.89. The van der Waals surface area contributed by atoms with Crippen molar-refractivity contribution in [1.29, 1.82) is 0 Å². The number of nitrogens with zero attached hydrogens (tertiary/aromatic N) is 3. The van der Waals surface area contributed by atoms with Crippen LogP contribution in [0.15, 0.2) is 9.72 Å². The third-order valence-electron chi connectivity index (χ3n) is 4.88. The zero-order chi connectivity index (χ0) is 17.6. The van der Waals surface area contributed by atoms with Crippen molar-refractivity contribution in [3.63, 3.8) is 0 Å². The summed E-state index contributed by atoms with van der Waals surface area (Å²) in [5, 5.41) is 10.5. The maximum atomic E-state index is 12.2. The minimum Gasteiger partial charge on any atom is -0.476 e. The molecule has 8 heteroatoms. The Hall–Kier alpha value is -1.12. The number of hydrogen-bond acceptors (Lipinski definition) is 6. The molecule has 3 rings (SSSR count). The van der Waals surface area contributed by atoms with Crippen LogP contribution in [0.4, 0.5) is 0 Å². The van der Waals surface area contributed by atoms with E-state index in [2.05, 4.69) is 9.88 Å². The highest BCUT2D eigenvalue weighted by Crippen LogP contribution is 2.25. The molecule has 1 aromatic rings. The van der Waals surface area contributed by atoms with Gasteiger partial charge in [-0.05, 0) is 32.4 Å². The number of aromatic carboxylic acids is 1. The summed E-state index contributed by atoms with van der Waals surface area (Å²) in [6.45, 7) is 4.02. The number of hydrogen-bond donors (Lipinski definition) is 1. The Balaban J connectivity index is 1.48. The van der Waals surface area contributed by atoms with E-state index in [1.807, 2.05) is 4.90 Å². The molecule has 0 spiro atoms. The van der Waals surface area contributed by atoms with Crippen molar-refractivity contribution in [3.05, 3.63) is 11.1 Å². The molecule has 1 amide bonds. The number of aromatic nitrogens is 1. The zero-order valence-corrected chi connectivity index (χ0v) is 16.0. The van der Waals surface area contributed by atoms with E-state index in [1.165, 1.54) is 48.8 Å². The van der Waals surface area contributed by atoms with Crippen molar-refractivity contribution < 1.29 is 14.7 Å². The van der Waals surface area contributed by atoms with E-state index in [0.29, 0.717) is 19.0 Å². The molecule has 2 saturated heterocycles. The topological polar surface area (TPSA) is 73.7 Å². The van der Waals surface area contributed by atoms with Gasteiger partial charge in [-0.1, -0.05) is 24.6 Å². The van der Waals surface area contributed by atoms with Gasteiger partial charge in [0.05, 0.1) is 0 Å². The van der Waals surface area contributed by atoms with E-state index in [0.717, 1.165) is 36.1 Å². The monoisotopic (exact) mass is 383 g/mol. The summed E-state index contributed by atoms with van der Waals surface area (Å²) in [6.07, 6.45) is 6.81. The normalized spacial score (nSPS) is 22.3. The van der Waals surface area contributed by atoms with Gasteiger partial charge in [-0.3, -0.25) is 4.79 Å². The molecule has 1 unspecified atom stereocenters. The number of carboxylic acid groups (broad SMARTS) is 1. The first kappa shape index (κ1) is 18.7. The van der Waals surface area contributed by atoms with Gasteiger partial charge < -0.3 is 14.9 Å². The van der Waals surface area contributed by atoms with Crippen molar-refractivity contribution in [3.8, 4) is 0 Å². The second-order valence-corrected chi connectivity index (χ2v) is 8.85. The van der Waals surface area contributed by atoms with E-state index in [4.69, 9.17) is 5.11 Å². The van der Waals surface area contributed by atoms with E-state index in [9.17, 15) is 9.59 Å². The number of carboxylic acids is 1. The van der Waals surface area contributed by atoms with Crippen LogP contribution in [0.5, 0.6) is 0 Å². The van der Waals surface area contributed by atoms with Crippen LogP contribution in [0.3, 0.4) is 0 Å². The second kappa shape index (κ2) is 9.00. The molecular weight excluding hydrogens is 358 g/mol. The molecule has 2 aliphatic heterocycles. The molecule has 138 valence electrons. The molecule has 1 N–H and O–H groups in total. The van der Waals surface area contributed by atoms with Crippen LogP contribution in [0.25, 0.3) is 0 Å². The fourth-order valence-corrected chi connectivity index (χ4v) is 5.37. The van der Waals surface area contributed by atoms with Crippen LogP contribution in [0, 0.1) is 0 Å². The van der Waals surface area contributed by atoms with Crippen molar-refractivity contribution in [1.82, 2.24) is 14.8 Å². The van der Waals surface area contributed by atoms with E-state index < -0.39 is 5.97 Å². The Bertz CT molecular complexity index is 600. The molecule has 2 aliphatic rings. The average molecular weight is 384 g/mol. The van der Waals surface area contributed by atoms with E-state index in [-0.39, 0.29) is 11.6 Å². The molecule has 0 saturated carbocycles. The van der Waals surface area contributed by atoms with Gasteiger partial charge in [0.25, 0.3) is 0 Å². The van der Waals surface area contributed by atoms with Gasteiger partial charge in [-0.2, -0.15) is 0 Å². The van der Waals surface area contributed by atoms with Gasteiger partial charge in [-0.15, -0.1) is 11.3 Å². The van der Waals surface area contributed by atoms with Crippen molar-refractivity contribution in [2.45, 2.75) is 48.9 Å². The Morgan fingerprint density at radius 2 is 2.08 bits per heavy atom. The number of amides is 1. The third-order valence-corrected chi connectivity index (χ3v) is 6.88. The largest absolute Gasteiger partial charge is 0.476 e. The number of thiazole rings is 1. The smallest absolute Gasteiger partial charge is 0.355 e. The Morgan fingerprint density at radius 3 is 2.76 bits per heavy atom. The number of likely N-dealkylation sites (tertiary alicyclic amines) is 2. The van der Waals surface area contributed by atoms with Gasteiger partial charge in [0.15, 0.2) is 10.0 Å². The SMILES string of the molecule is O=C(O)c1csc(SCCN2C(=O)CCC2CN2CCCCCC2)n1.